The van der Waals surface area contributed by atoms with Crippen molar-refractivity contribution in [3.05, 3.63) is 58.3 Å². The first-order valence-electron chi connectivity index (χ1n) is 5.92. The molecule has 5 nitrogen and oxygen atoms in total. The molecule has 0 spiro atoms. The third kappa shape index (κ3) is 4.24. The average Bonchev–Trinajstić information content (AvgIpc) is 2.45. The Morgan fingerprint density at radius 3 is 2.95 bits per heavy atom. The topological polar surface area (TPSA) is 71.5 Å². The molecular formula is C14H13BrN2O3. The monoisotopic (exact) mass is 336 g/mol. The molecule has 0 saturated heterocycles. The molecule has 1 aromatic carbocycles. The Bertz CT molecular complexity index is 590. The smallest absolute Gasteiger partial charge is 0.404 e. The highest BCUT2D eigenvalue weighted by Crippen LogP contribution is 2.24. The highest BCUT2D eigenvalue weighted by Gasteiger charge is 2.06. The summed E-state index contributed by atoms with van der Waals surface area (Å²) in [6.45, 7) is 0.576. The number of hydrogen-bond donors (Lipinski definition) is 2. The van der Waals surface area contributed by atoms with Crippen LogP contribution in [0.25, 0.3) is 0 Å². The van der Waals surface area contributed by atoms with E-state index in [1.54, 1.807) is 18.5 Å². The van der Waals surface area contributed by atoms with E-state index in [-0.39, 0.29) is 6.54 Å². The number of nitrogens with zero attached hydrogens (tertiary/aromatic N) is 1. The fourth-order valence-corrected chi connectivity index (χ4v) is 2.05. The molecule has 0 aliphatic heterocycles. The van der Waals surface area contributed by atoms with Gasteiger partial charge in [-0.15, -0.1) is 0 Å². The lowest BCUT2D eigenvalue weighted by Crippen LogP contribution is -2.20. The lowest BCUT2D eigenvalue weighted by Gasteiger charge is -2.12. The summed E-state index contributed by atoms with van der Waals surface area (Å²) in [5, 5.41) is 11.0. The molecule has 0 unspecified atom stereocenters. The van der Waals surface area contributed by atoms with Gasteiger partial charge in [-0.05, 0) is 24.3 Å². The minimum absolute atomic E-state index is 0.192. The van der Waals surface area contributed by atoms with Gasteiger partial charge in [-0.25, -0.2) is 4.79 Å². The van der Waals surface area contributed by atoms with E-state index in [4.69, 9.17) is 9.84 Å². The SMILES string of the molecule is O=C(O)NCc1cc(Br)ccc1OCc1cccnc1. The van der Waals surface area contributed by atoms with Gasteiger partial charge in [-0.2, -0.15) is 0 Å². The van der Waals surface area contributed by atoms with Crippen molar-refractivity contribution in [3.8, 4) is 5.75 Å². The highest BCUT2D eigenvalue weighted by molar-refractivity contribution is 9.10. The Hall–Kier alpha value is -2.08. The Kier molecular flexibility index (Phi) is 4.95. The zero-order valence-electron chi connectivity index (χ0n) is 10.5. The quantitative estimate of drug-likeness (QED) is 0.879. The Morgan fingerprint density at radius 2 is 2.25 bits per heavy atom. The first-order chi connectivity index (χ1) is 9.65. The van der Waals surface area contributed by atoms with Crippen LogP contribution in [0.3, 0.4) is 0 Å². The fraction of sp³-hybridized carbons (Fsp3) is 0.143. The molecule has 0 bridgehead atoms. The number of carboxylic acid groups (broad SMARTS) is 1. The molecule has 0 saturated carbocycles. The summed E-state index contributed by atoms with van der Waals surface area (Å²) in [4.78, 5) is 14.6. The van der Waals surface area contributed by atoms with Crippen molar-refractivity contribution in [2.24, 2.45) is 0 Å². The molecule has 2 aromatic rings. The number of benzene rings is 1. The molecule has 0 aliphatic rings. The van der Waals surface area contributed by atoms with Crippen LogP contribution in [0.5, 0.6) is 5.75 Å². The summed E-state index contributed by atoms with van der Waals surface area (Å²) in [6.07, 6.45) is 2.36. The van der Waals surface area contributed by atoms with Gasteiger partial charge < -0.3 is 15.2 Å². The summed E-state index contributed by atoms with van der Waals surface area (Å²) in [7, 11) is 0. The summed E-state index contributed by atoms with van der Waals surface area (Å²) in [5.74, 6) is 0.644. The van der Waals surface area contributed by atoms with Gasteiger partial charge in [0.25, 0.3) is 0 Å². The lowest BCUT2D eigenvalue weighted by atomic mass is 10.2. The third-order valence-corrected chi connectivity index (χ3v) is 3.06. The van der Waals surface area contributed by atoms with Crippen LogP contribution in [-0.2, 0) is 13.2 Å². The average molecular weight is 337 g/mol. The van der Waals surface area contributed by atoms with Crippen molar-refractivity contribution in [3.63, 3.8) is 0 Å². The Morgan fingerprint density at radius 1 is 1.40 bits per heavy atom. The molecule has 0 aliphatic carbocycles. The van der Waals surface area contributed by atoms with Crippen molar-refractivity contribution >= 4 is 22.0 Å². The molecule has 2 rings (SSSR count). The molecule has 0 fully saturated rings. The Labute approximate surface area is 124 Å². The van der Waals surface area contributed by atoms with Gasteiger partial charge in [0.05, 0.1) is 0 Å². The maximum atomic E-state index is 10.6. The molecule has 0 radical (unpaired) electrons. The van der Waals surface area contributed by atoms with Crippen molar-refractivity contribution in [2.75, 3.05) is 0 Å². The van der Waals surface area contributed by atoms with Crippen LogP contribution in [-0.4, -0.2) is 16.2 Å². The van der Waals surface area contributed by atoms with Gasteiger partial charge in [0.2, 0.25) is 0 Å². The minimum Gasteiger partial charge on any atom is -0.488 e. The minimum atomic E-state index is -1.07. The van der Waals surface area contributed by atoms with Crippen molar-refractivity contribution in [1.82, 2.24) is 10.3 Å². The molecule has 20 heavy (non-hydrogen) atoms. The standard InChI is InChI=1S/C14H13BrN2O3/c15-12-3-4-13(11(6-12)8-17-14(18)19)20-9-10-2-1-5-16-7-10/h1-7,17H,8-9H2,(H,18,19). The van der Waals surface area contributed by atoms with Crippen LogP contribution in [0.1, 0.15) is 11.1 Å². The molecule has 6 heteroatoms. The maximum absolute atomic E-state index is 10.6. The predicted molar refractivity (Wildman–Crippen MR) is 77.6 cm³/mol. The van der Waals surface area contributed by atoms with Gasteiger partial charge in [0, 0.05) is 34.5 Å². The number of amides is 1. The number of halogens is 1. The van der Waals surface area contributed by atoms with Crippen LogP contribution in [0.4, 0.5) is 4.79 Å². The first-order valence-corrected chi connectivity index (χ1v) is 6.71. The van der Waals surface area contributed by atoms with E-state index in [0.717, 1.165) is 15.6 Å². The number of pyridine rings is 1. The fourth-order valence-electron chi connectivity index (χ4n) is 1.64. The number of hydrogen-bond acceptors (Lipinski definition) is 3. The molecule has 1 aromatic heterocycles. The molecular weight excluding hydrogens is 324 g/mol. The first kappa shape index (κ1) is 14.3. The Balaban J connectivity index is 2.08. The number of aromatic nitrogens is 1. The largest absolute Gasteiger partial charge is 0.488 e. The lowest BCUT2D eigenvalue weighted by molar-refractivity contribution is 0.193. The third-order valence-electron chi connectivity index (χ3n) is 2.57. The number of rotatable bonds is 5. The van der Waals surface area contributed by atoms with Gasteiger partial charge in [-0.3, -0.25) is 4.98 Å². The zero-order chi connectivity index (χ0) is 14.4. The van der Waals surface area contributed by atoms with E-state index in [1.807, 2.05) is 24.3 Å². The second-order valence-electron chi connectivity index (χ2n) is 4.06. The molecule has 1 amide bonds. The summed E-state index contributed by atoms with van der Waals surface area (Å²) >= 11 is 3.36. The van der Waals surface area contributed by atoms with Crippen LogP contribution < -0.4 is 10.1 Å². The normalized spacial score (nSPS) is 10.1. The van der Waals surface area contributed by atoms with E-state index < -0.39 is 6.09 Å². The van der Waals surface area contributed by atoms with Crippen molar-refractivity contribution in [2.45, 2.75) is 13.2 Å². The summed E-state index contributed by atoms with van der Waals surface area (Å²) < 4.78 is 6.59. The van der Waals surface area contributed by atoms with Crippen LogP contribution >= 0.6 is 15.9 Å². The summed E-state index contributed by atoms with van der Waals surface area (Å²) in [6, 6.07) is 9.24. The van der Waals surface area contributed by atoms with Crippen molar-refractivity contribution < 1.29 is 14.6 Å². The van der Waals surface area contributed by atoms with E-state index in [1.165, 1.54) is 0 Å². The number of ether oxygens (including phenoxy) is 1. The predicted octanol–water partition coefficient (Wildman–Crippen LogP) is 3.19. The molecule has 104 valence electrons. The maximum Gasteiger partial charge on any atom is 0.404 e. The number of carbonyl (C=O) groups is 1. The molecule has 1 heterocycles. The van der Waals surface area contributed by atoms with Gasteiger partial charge >= 0.3 is 6.09 Å². The molecule has 0 atom stereocenters. The van der Waals surface area contributed by atoms with E-state index in [0.29, 0.717) is 12.4 Å². The summed E-state index contributed by atoms with van der Waals surface area (Å²) in [5.41, 5.74) is 1.72. The van der Waals surface area contributed by atoms with Crippen LogP contribution in [0.15, 0.2) is 47.2 Å². The highest BCUT2D eigenvalue weighted by atomic mass is 79.9. The van der Waals surface area contributed by atoms with Gasteiger partial charge in [0.15, 0.2) is 0 Å². The van der Waals surface area contributed by atoms with Crippen LogP contribution in [0.2, 0.25) is 0 Å². The van der Waals surface area contributed by atoms with E-state index in [9.17, 15) is 4.79 Å². The second-order valence-corrected chi connectivity index (χ2v) is 4.98. The second kappa shape index (κ2) is 6.91. The van der Waals surface area contributed by atoms with Crippen molar-refractivity contribution in [1.29, 1.82) is 0 Å². The number of nitrogens with one attached hydrogen (secondary N) is 1. The van der Waals surface area contributed by atoms with E-state index in [2.05, 4.69) is 26.2 Å². The molecule has 2 N–H and O–H groups in total. The van der Waals surface area contributed by atoms with Gasteiger partial charge in [-0.1, -0.05) is 22.0 Å². The van der Waals surface area contributed by atoms with Gasteiger partial charge in [0.1, 0.15) is 12.4 Å². The van der Waals surface area contributed by atoms with Crippen LogP contribution in [0, 0.1) is 0 Å². The van der Waals surface area contributed by atoms with E-state index >= 15 is 0 Å². The zero-order valence-corrected chi connectivity index (χ0v) is 12.1.